The first-order valence-corrected chi connectivity index (χ1v) is 6.31. The average molecular weight is 303 g/mol. The van der Waals surface area contributed by atoms with Gasteiger partial charge in [-0.1, -0.05) is 0 Å². The second kappa shape index (κ2) is 6.13. The molecule has 2 amide bonds. The summed E-state index contributed by atoms with van der Waals surface area (Å²) in [6, 6.07) is 4.76. The third-order valence-corrected chi connectivity index (χ3v) is 2.95. The molecule has 1 aromatic carbocycles. The van der Waals surface area contributed by atoms with Crippen molar-refractivity contribution in [1.82, 2.24) is 9.78 Å². The number of hydrogen-bond donors (Lipinski definition) is 2. The van der Waals surface area contributed by atoms with Crippen molar-refractivity contribution in [2.45, 2.75) is 6.92 Å². The van der Waals surface area contributed by atoms with E-state index in [4.69, 9.17) is 10.00 Å². The third kappa shape index (κ3) is 2.98. The van der Waals surface area contributed by atoms with Gasteiger partial charge in [-0.15, -0.1) is 0 Å². The van der Waals surface area contributed by atoms with E-state index in [1.807, 2.05) is 6.07 Å². The number of urea groups is 1. The fraction of sp³-hybridized carbons (Fsp3) is 0.214. The van der Waals surface area contributed by atoms with Gasteiger partial charge in [-0.2, -0.15) is 10.4 Å². The molecule has 0 aliphatic carbocycles. The maximum absolute atomic E-state index is 13.1. The molecule has 8 heteroatoms. The highest BCUT2D eigenvalue weighted by Gasteiger charge is 2.17. The highest BCUT2D eigenvalue weighted by Crippen LogP contribution is 2.27. The first-order chi connectivity index (χ1) is 10.5. The molecule has 1 aromatic heterocycles. The van der Waals surface area contributed by atoms with Gasteiger partial charge in [0.25, 0.3) is 0 Å². The largest absolute Gasteiger partial charge is 0.480 e. The number of ether oxygens (including phenoxy) is 1. The zero-order valence-corrected chi connectivity index (χ0v) is 12.3. The molecule has 0 atom stereocenters. The lowest BCUT2D eigenvalue weighted by Crippen LogP contribution is -2.20. The predicted molar refractivity (Wildman–Crippen MR) is 78.3 cm³/mol. The molecule has 7 nitrogen and oxygen atoms in total. The van der Waals surface area contributed by atoms with E-state index in [1.54, 1.807) is 14.0 Å². The Morgan fingerprint density at radius 2 is 2.18 bits per heavy atom. The standard InChI is InChI=1S/C14H14FN5O2/c1-8-12(13(22-3)20(2)19-8)18-14(21)17-11-5-4-10(15)6-9(11)7-16/h4-6H,1-3H3,(H2,17,18,21). The summed E-state index contributed by atoms with van der Waals surface area (Å²) < 4.78 is 19.7. The first kappa shape index (κ1) is 15.3. The van der Waals surface area contributed by atoms with Crippen molar-refractivity contribution in [3.8, 4) is 11.9 Å². The zero-order chi connectivity index (χ0) is 16.3. The molecule has 0 fully saturated rings. The van der Waals surface area contributed by atoms with Crippen molar-refractivity contribution < 1.29 is 13.9 Å². The van der Waals surface area contributed by atoms with Gasteiger partial charge in [0.2, 0.25) is 5.88 Å². The minimum absolute atomic E-state index is 0.0324. The lowest BCUT2D eigenvalue weighted by Gasteiger charge is -2.10. The third-order valence-electron chi connectivity index (χ3n) is 2.95. The summed E-state index contributed by atoms with van der Waals surface area (Å²) in [5.41, 5.74) is 1.24. The van der Waals surface area contributed by atoms with Crippen LogP contribution in [0.4, 0.5) is 20.6 Å². The number of nitrogens with zero attached hydrogens (tertiary/aromatic N) is 3. The van der Waals surface area contributed by atoms with Gasteiger partial charge >= 0.3 is 6.03 Å². The van der Waals surface area contributed by atoms with Crippen LogP contribution in [0.5, 0.6) is 5.88 Å². The highest BCUT2D eigenvalue weighted by molar-refractivity contribution is 6.01. The van der Waals surface area contributed by atoms with Crippen LogP contribution in [0.2, 0.25) is 0 Å². The molecule has 2 aromatic rings. The van der Waals surface area contributed by atoms with Gasteiger partial charge in [0.15, 0.2) is 0 Å². The maximum Gasteiger partial charge on any atom is 0.323 e. The number of hydrogen-bond acceptors (Lipinski definition) is 4. The molecular weight excluding hydrogens is 289 g/mol. The van der Waals surface area contributed by atoms with E-state index in [-0.39, 0.29) is 11.3 Å². The first-order valence-electron chi connectivity index (χ1n) is 6.31. The van der Waals surface area contributed by atoms with Crippen molar-refractivity contribution in [2.24, 2.45) is 7.05 Å². The van der Waals surface area contributed by atoms with Crippen LogP contribution in [0.3, 0.4) is 0 Å². The van der Waals surface area contributed by atoms with Crippen LogP contribution in [0, 0.1) is 24.1 Å². The highest BCUT2D eigenvalue weighted by atomic mass is 19.1. The Labute approximate surface area is 126 Å². The normalized spacial score (nSPS) is 9.95. The molecule has 0 bridgehead atoms. The van der Waals surface area contributed by atoms with Gasteiger partial charge in [0.05, 0.1) is 24.1 Å². The average Bonchev–Trinajstić information content (AvgIpc) is 2.74. The number of carbonyl (C=O) groups excluding carboxylic acids is 1. The van der Waals surface area contributed by atoms with E-state index in [0.717, 1.165) is 12.1 Å². The van der Waals surface area contributed by atoms with Crippen molar-refractivity contribution in [1.29, 1.82) is 5.26 Å². The number of carbonyl (C=O) groups is 1. The Morgan fingerprint density at radius 3 is 2.82 bits per heavy atom. The van der Waals surface area contributed by atoms with Crippen LogP contribution >= 0.6 is 0 Å². The maximum atomic E-state index is 13.1. The minimum Gasteiger partial charge on any atom is -0.480 e. The number of halogens is 1. The number of anilines is 2. The lowest BCUT2D eigenvalue weighted by molar-refractivity contribution is 0.262. The smallest absolute Gasteiger partial charge is 0.323 e. The summed E-state index contributed by atoms with van der Waals surface area (Å²) in [5, 5.41) is 18.2. The van der Waals surface area contributed by atoms with E-state index in [9.17, 15) is 9.18 Å². The zero-order valence-electron chi connectivity index (χ0n) is 12.3. The molecular formula is C14H14FN5O2. The molecule has 0 aliphatic rings. The van der Waals surface area contributed by atoms with E-state index < -0.39 is 11.8 Å². The summed E-state index contributed by atoms with van der Waals surface area (Å²) in [5.74, 6) is -0.153. The molecule has 0 aliphatic heterocycles. The van der Waals surface area contributed by atoms with Gasteiger partial charge in [0.1, 0.15) is 17.6 Å². The quantitative estimate of drug-likeness (QED) is 0.910. The molecule has 0 radical (unpaired) electrons. The second-order valence-corrected chi connectivity index (χ2v) is 4.47. The fourth-order valence-corrected chi connectivity index (χ4v) is 2.00. The number of benzene rings is 1. The van der Waals surface area contributed by atoms with Crippen molar-refractivity contribution in [2.75, 3.05) is 17.7 Å². The predicted octanol–water partition coefficient (Wildman–Crippen LogP) is 2.39. The van der Waals surface area contributed by atoms with Crippen molar-refractivity contribution >= 4 is 17.4 Å². The van der Waals surface area contributed by atoms with E-state index in [2.05, 4.69) is 15.7 Å². The molecule has 114 valence electrons. The van der Waals surface area contributed by atoms with Gasteiger partial charge in [0, 0.05) is 7.05 Å². The summed E-state index contributed by atoms with van der Waals surface area (Å²) in [4.78, 5) is 12.0. The van der Waals surface area contributed by atoms with Crippen LogP contribution in [-0.2, 0) is 7.05 Å². The van der Waals surface area contributed by atoms with Gasteiger partial charge in [-0.3, -0.25) is 0 Å². The Balaban J connectivity index is 2.20. The van der Waals surface area contributed by atoms with Crippen LogP contribution in [0.1, 0.15) is 11.3 Å². The Hall–Kier alpha value is -3.08. The van der Waals surface area contributed by atoms with E-state index in [0.29, 0.717) is 17.3 Å². The number of aryl methyl sites for hydroxylation is 2. The topological polar surface area (TPSA) is 92.0 Å². The number of nitrogens with one attached hydrogen (secondary N) is 2. The Kier molecular flexibility index (Phi) is 4.27. The summed E-state index contributed by atoms with van der Waals surface area (Å²) in [7, 11) is 3.15. The molecule has 0 unspecified atom stereocenters. The SMILES string of the molecule is COc1c(NC(=O)Nc2ccc(F)cc2C#N)c(C)nn1C. The van der Waals surface area contributed by atoms with Gasteiger partial charge in [-0.25, -0.2) is 13.9 Å². The van der Waals surface area contributed by atoms with E-state index in [1.165, 1.54) is 17.9 Å². The van der Waals surface area contributed by atoms with Crippen LogP contribution < -0.4 is 15.4 Å². The number of aromatic nitrogens is 2. The van der Waals surface area contributed by atoms with Crippen molar-refractivity contribution in [3.63, 3.8) is 0 Å². The van der Waals surface area contributed by atoms with Gasteiger partial charge < -0.3 is 15.4 Å². The fourth-order valence-electron chi connectivity index (χ4n) is 2.00. The molecule has 1 heterocycles. The number of nitriles is 1. The number of amides is 2. The lowest BCUT2D eigenvalue weighted by atomic mass is 10.2. The van der Waals surface area contributed by atoms with Crippen LogP contribution in [0.15, 0.2) is 18.2 Å². The Morgan fingerprint density at radius 1 is 1.45 bits per heavy atom. The van der Waals surface area contributed by atoms with Crippen molar-refractivity contribution in [3.05, 3.63) is 35.3 Å². The minimum atomic E-state index is -0.586. The number of rotatable bonds is 3. The van der Waals surface area contributed by atoms with Crippen LogP contribution in [0.25, 0.3) is 0 Å². The molecule has 22 heavy (non-hydrogen) atoms. The summed E-state index contributed by atoms with van der Waals surface area (Å²) >= 11 is 0. The number of methoxy groups -OCH3 is 1. The molecule has 2 N–H and O–H groups in total. The van der Waals surface area contributed by atoms with Crippen LogP contribution in [-0.4, -0.2) is 22.9 Å². The Bertz CT molecular complexity index is 763. The molecule has 0 saturated carbocycles. The monoisotopic (exact) mass is 303 g/mol. The molecule has 0 saturated heterocycles. The van der Waals surface area contributed by atoms with Gasteiger partial charge in [-0.05, 0) is 25.1 Å². The van der Waals surface area contributed by atoms with E-state index >= 15 is 0 Å². The molecule has 2 rings (SSSR count). The second-order valence-electron chi connectivity index (χ2n) is 4.47. The summed E-state index contributed by atoms with van der Waals surface area (Å²) in [6.07, 6.45) is 0. The summed E-state index contributed by atoms with van der Waals surface area (Å²) in [6.45, 7) is 1.72. The molecule has 0 spiro atoms.